The van der Waals surface area contributed by atoms with Crippen LogP contribution in [-0.2, 0) is 4.74 Å². The summed E-state index contributed by atoms with van der Waals surface area (Å²) in [6, 6.07) is 0. The number of hydrogen-bond donors (Lipinski definition) is 0. The minimum absolute atomic E-state index is 0.422. The Labute approximate surface area is 69.5 Å². The van der Waals surface area contributed by atoms with Gasteiger partial charge in [-0.2, -0.15) is 0 Å². The molecule has 1 saturated heterocycles. The van der Waals surface area contributed by atoms with Crippen molar-refractivity contribution >= 4 is 0 Å². The van der Waals surface area contributed by atoms with Crippen molar-refractivity contribution in [3.8, 4) is 0 Å². The van der Waals surface area contributed by atoms with Crippen LogP contribution in [0.4, 0.5) is 0 Å². The first kappa shape index (κ1) is 9.01. The fraction of sp³-hybridized carbons (Fsp3) is 1.00. The molecule has 0 aromatic carbocycles. The van der Waals surface area contributed by atoms with Crippen LogP contribution in [-0.4, -0.2) is 37.2 Å². The molecule has 0 amide bonds. The van der Waals surface area contributed by atoms with Gasteiger partial charge >= 0.3 is 0 Å². The lowest BCUT2D eigenvalue weighted by Crippen LogP contribution is -2.44. The zero-order valence-electron chi connectivity index (χ0n) is 7.84. The first-order valence-corrected chi connectivity index (χ1v) is 4.56. The largest absolute Gasteiger partial charge is 0.373 e. The quantitative estimate of drug-likeness (QED) is 0.602. The highest BCUT2D eigenvalue weighted by Gasteiger charge is 2.21. The Balaban J connectivity index is 2.30. The van der Waals surface area contributed by atoms with E-state index in [0.29, 0.717) is 12.2 Å². The summed E-state index contributed by atoms with van der Waals surface area (Å²) >= 11 is 0. The molecule has 66 valence electrons. The van der Waals surface area contributed by atoms with E-state index in [1.165, 1.54) is 12.8 Å². The van der Waals surface area contributed by atoms with Crippen molar-refractivity contribution in [3.05, 3.63) is 0 Å². The van der Waals surface area contributed by atoms with E-state index in [0.717, 1.165) is 13.1 Å². The number of likely N-dealkylation sites (N-methyl/N-ethyl adjacent to an activating group) is 1. The molecule has 11 heavy (non-hydrogen) atoms. The van der Waals surface area contributed by atoms with Crippen molar-refractivity contribution in [1.29, 1.82) is 0 Å². The predicted octanol–water partition coefficient (Wildman–Crippen LogP) is 1.51. The molecule has 0 radical (unpaired) electrons. The van der Waals surface area contributed by atoms with E-state index in [2.05, 4.69) is 25.8 Å². The van der Waals surface area contributed by atoms with Crippen molar-refractivity contribution in [2.75, 3.05) is 20.1 Å². The molecule has 0 aliphatic carbocycles. The van der Waals surface area contributed by atoms with Gasteiger partial charge in [0.05, 0.1) is 12.2 Å². The minimum atomic E-state index is 0.422. The summed E-state index contributed by atoms with van der Waals surface area (Å²) in [6.45, 7) is 6.55. The van der Waals surface area contributed by atoms with E-state index >= 15 is 0 Å². The first-order chi connectivity index (χ1) is 5.22. The highest BCUT2D eigenvalue weighted by molar-refractivity contribution is 4.72. The lowest BCUT2D eigenvalue weighted by Gasteiger charge is -2.34. The topological polar surface area (TPSA) is 12.5 Å². The predicted molar refractivity (Wildman–Crippen MR) is 46.7 cm³/mol. The number of ether oxygens (including phenoxy) is 1. The maximum atomic E-state index is 5.76. The second-order valence-electron chi connectivity index (χ2n) is 3.58. The van der Waals surface area contributed by atoms with Gasteiger partial charge in [0.2, 0.25) is 0 Å². The summed E-state index contributed by atoms with van der Waals surface area (Å²) in [5, 5.41) is 0. The molecule has 2 heteroatoms. The summed E-state index contributed by atoms with van der Waals surface area (Å²) in [4.78, 5) is 2.36. The van der Waals surface area contributed by atoms with E-state index < -0.39 is 0 Å². The molecule has 0 saturated carbocycles. The summed E-state index contributed by atoms with van der Waals surface area (Å²) in [5.74, 6) is 0. The fourth-order valence-corrected chi connectivity index (χ4v) is 1.76. The van der Waals surface area contributed by atoms with Crippen LogP contribution in [0.5, 0.6) is 0 Å². The first-order valence-electron chi connectivity index (χ1n) is 4.56. The standard InChI is InChI=1S/C9H19NO/c1-4-5-9-7-10(3)6-8(2)11-9/h8-9H,4-7H2,1-3H3/t8-,9+/m1/s1. The van der Waals surface area contributed by atoms with Gasteiger partial charge in [-0.25, -0.2) is 0 Å². The van der Waals surface area contributed by atoms with Crippen LogP contribution in [0.2, 0.25) is 0 Å². The van der Waals surface area contributed by atoms with E-state index in [1.54, 1.807) is 0 Å². The van der Waals surface area contributed by atoms with Crippen LogP contribution >= 0.6 is 0 Å². The summed E-state index contributed by atoms with van der Waals surface area (Å²) in [5.41, 5.74) is 0. The number of nitrogens with zero attached hydrogens (tertiary/aromatic N) is 1. The fourth-order valence-electron chi connectivity index (χ4n) is 1.76. The Hall–Kier alpha value is -0.0800. The van der Waals surface area contributed by atoms with E-state index in [4.69, 9.17) is 4.74 Å². The maximum absolute atomic E-state index is 5.76. The SMILES string of the molecule is CCC[C@H]1CN(C)C[C@@H](C)O1. The van der Waals surface area contributed by atoms with Gasteiger partial charge in [0.15, 0.2) is 0 Å². The normalized spacial score (nSPS) is 34.1. The minimum Gasteiger partial charge on any atom is -0.373 e. The monoisotopic (exact) mass is 157 g/mol. The average Bonchev–Trinajstić information content (AvgIpc) is 1.85. The van der Waals surface area contributed by atoms with Crippen LogP contribution in [0.15, 0.2) is 0 Å². The zero-order chi connectivity index (χ0) is 8.27. The second kappa shape index (κ2) is 4.07. The molecule has 0 unspecified atom stereocenters. The van der Waals surface area contributed by atoms with Gasteiger partial charge in [-0.1, -0.05) is 13.3 Å². The van der Waals surface area contributed by atoms with Gasteiger partial charge in [0.25, 0.3) is 0 Å². The zero-order valence-corrected chi connectivity index (χ0v) is 7.84. The average molecular weight is 157 g/mol. The summed E-state index contributed by atoms with van der Waals surface area (Å²) in [7, 11) is 2.17. The number of rotatable bonds is 2. The molecule has 1 aliphatic heterocycles. The maximum Gasteiger partial charge on any atom is 0.0706 e. The Bertz CT molecular complexity index is 106. The Morgan fingerprint density at radius 1 is 1.45 bits per heavy atom. The van der Waals surface area contributed by atoms with Crippen molar-refractivity contribution in [3.63, 3.8) is 0 Å². The van der Waals surface area contributed by atoms with Gasteiger partial charge in [-0.15, -0.1) is 0 Å². The number of hydrogen-bond acceptors (Lipinski definition) is 2. The van der Waals surface area contributed by atoms with E-state index in [9.17, 15) is 0 Å². The van der Waals surface area contributed by atoms with Crippen molar-refractivity contribution in [2.24, 2.45) is 0 Å². The van der Waals surface area contributed by atoms with Gasteiger partial charge in [-0.05, 0) is 20.4 Å². The van der Waals surface area contributed by atoms with Crippen molar-refractivity contribution in [1.82, 2.24) is 4.90 Å². The van der Waals surface area contributed by atoms with Crippen LogP contribution < -0.4 is 0 Å². The van der Waals surface area contributed by atoms with Crippen LogP contribution in [0.3, 0.4) is 0 Å². The molecule has 0 N–H and O–H groups in total. The molecule has 1 aliphatic rings. The summed E-state index contributed by atoms with van der Waals surface area (Å²) < 4.78 is 5.76. The molecule has 2 atom stereocenters. The van der Waals surface area contributed by atoms with Gasteiger partial charge < -0.3 is 9.64 Å². The summed E-state index contributed by atoms with van der Waals surface area (Å²) in [6.07, 6.45) is 3.33. The molecule has 1 rings (SSSR count). The Morgan fingerprint density at radius 3 is 2.73 bits per heavy atom. The third-order valence-electron chi connectivity index (χ3n) is 2.12. The van der Waals surface area contributed by atoms with Crippen LogP contribution in [0, 0.1) is 0 Å². The van der Waals surface area contributed by atoms with E-state index in [-0.39, 0.29) is 0 Å². The van der Waals surface area contributed by atoms with Gasteiger partial charge in [0.1, 0.15) is 0 Å². The van der Waals surface area contributed by atoms with Gasteiger partial charge in [0, 0.05) is 13.1 Å². The molecule has 0 aromatic heterocycles. The molecule has 0 bridgehead atoms. The molecule has 1 fully saturated rings. The van der Waals surface area contributed by atoms with Crippen molar-refractivity contribution < 1.29 is 4.74 Å². The molecule has 0 spiro atoms. The number of morpholine rings is 1. The Morgan fingerprint density at radius 2 is 2.18 bits per heavy atom. The lowest BCUT2D eigenvalue weighted by atomic mass is 10.1. The Kier molecular flexibility index (Phi) is 3.34. The third kappa shape index (κ3) is 2.80. The molecular weight excluding hydrogens is 138 g/mol. The lowest BCUT2D eigenvalue weighted by molar-refractivity contribution is -0.0725. The second-order valence-corrected chi connectivity index (χ2v) is 3.58. The smallest absolute Gasteiger partial charge is 0.0706 e. The molecule has 2 nitrogen and oxygen atoms in total. The molecule has 1 heterocycles. The third-order valence-corrected chi connectivity index (χ3v) is 2.12. The van der Waals surface area contributed by atoms with E-state index in [1.807, 2.05) is 0 Å². The highest BCUT2D eigenvalue weighted by atomic mass is 16.5. The molecule has 0 aromatic rings. The van der Waals surface area contributed by atoms with Gasteiger partial charge in [-0.3, -0.25) is 0 Å². The van der Waals surface area contributed by atoms with Crippen LogP contribution in [0.1, 0.15) is 26.7 Å². The van der Waals surface area contributed by atoms with Crippen molar-refractivity contribution in [2.45, 2.75) is 38.9 Å². The highest BCUT2D eigenvalue weighted by Crippen LogP contribution is 2.12. The van der Waals surface area contributed by atoms with Crippen LogP contribution in [0.25, 0.3) is 0 Å². The molecular formula is C9H19NO.